The van der Waals surface area contributed by atoms with E-state index in [1.54, 1.807) is 17.3 Å². The van der Waals surface area contributed by atoms with Crippen molar-refractivity contribution in [1.82, 2.24) is 14.9 Å². The molecular formula is C21H23BrN4O3. The summed E-state index contributed by atoms with van der Waals surface area (Å²) in [5, 5.41) is 0. The third kappa shape index (κ3) is 4.58. The molecule has 1 aromatic carbocycles. The Bertz CT molecular complexity index is 888. The van der Waals surface area contributed by atoms with Crippen LogP contribution < -0.4 is 9.64 Å². The van der Waals surface area contributed by atoms with Crippen molar-refractivity contribution in [1.29, 1.82) is 0 Å². The van der Waals surface area contributed by atoms with Crippen LogP contribution in [0, 0.1) is 12.8 Å². The maximum atomic E-state index is 13.1. The molecule has 0 aliphatic carbocycles. The zero-order chi connectivity index (χ0) is 20.4. The summed E-state index contributed by atoms with van der Waals surface area (Å²) < 4.78 is 6.65. The predicted octanol–water partition coefficient (Wildman–Crippen LogP) is 2.97. The number of rotatable bonds is 4. The lowest BCUT2D eigenvalue weighted by atomic mass is 10.0. The number of aryl methyl sites for hydroxylation is 1. The van der Waals surface area contributed by atoms with E-state index in [0.717, 1.165) is 28.6 Å². The van der Waals surface area contributed by atoms with E-state index in [9.17, 15) is 9.59 Å². The molecule has 0 bridgehead atoms. The van der Waals surface area contributed by atoms with Crippen LogP contribution in [0.25, 0.3) is 0 Å². The summed E-state index contributed by atoms with van der Waals surface area (Å²) in [6.07, 6.45) is 5.09. The fraction of sp³-hybridized carbons (Fsp3) is 0.429. The molecule has 2 saturated heterocycles. The number of hydrogen-bond donors (Lipinski definition) is 0. The third-order valence-corrected chi connectivity index (χ3v) is 5.79. The number of amides is 2. The average Bonchev–Trinajstić information content (AvgIpc) is 3.11. The quantitative estimate of drug-likeness (QED) is 0.703. The second kappa shape index (κ2) is 8.49. The fourth-order valence-electron chi connectivity index (χ4n) is 3.85. The van der Waals surface area contributed by atoms with Crippen LogP contribution in [0.3, 0.4) is 0 Å². The van der Waals surface area contributed by atoms with E-state index >= 15 is 0 Å². The topological polar surface area (TPSA) is 75.6 Å². The van der Waals surface area contributed by atoms with Gasteiger partial charge in [0.25, 0.3) is 0 Å². The molecule has 2 aliphatic heterocycles. The zero-order valence-electron chi connectivity index (χ0n) is 16.3. The summed E-state index contributed by atoms with van der Waals surface area (Å²) in [5.74, 6) is -0.287. The number of ether oxygens (including phenoxy) is 1. The van der Waals surface area contributed by atoms with Gasteiger partial charge in [-0.25, -0.2) is 9.97 Å². The van der Waals surface area contributed by atoms with Crippen molar-refractivity contribution < 1.29 is 14.3 Å². The summed E-state index contributed by atoms with van der Waals surface area (Å²) in [6.45, 7) is 3.62. The van der Waals surface area contributed by atoms with Gasteiger partial charge in [-0.05, 0) is 47.8 Å². The first kappa shape index (κ1) is 19.8. The molecule has 1 aromatic heterocycles. The summed E-state index contributed by atoms with van der Waals surface area (Å²) in [7, 11) is 0. The summed E-state index contributed by atoms with van der Waals surface area (Å²) in [6, 6.07) is 8.14. The molecule has 4 rings (SSSR count). The molecule has 2 fully saturated rings. The Hall–Kier alpha value is -2.48. The number of likely N-dealkylation sites (tertiary alicyclic amines) is 1. The molecule has 0 radical (unpaired) electrons. The van der Waals surface area contributed by atoms with Crippen molar-refractivity contribution in [2.24, 2.45) is 5.92 Å². The third-order valence-electron chi connectivity index (χ3n) is 5.38. The molecule has 8 heteroatoms. The van der Waals surface area contributed by atoms with Gasteiger partial charge in [-0.2, -0.15) is 0 Å². The maximum Gasteiger partial charge on any atom is 0.316 e. The van der Waals surface area contributed by atoms with E-state index in [1.165, 1.54) is 0 Å². The number of halogens is 1. The second-order valence-electron chi connectivity index (χ2n) is 7.59. The highest BCUT2D eigenvalue weighted by Crippen LogP contribution is 2.28. The zero-order valence-corrected chi connectivity index (χ0v) is 17.8. The lowest BCUT2D eigenvalue weighted by molar-refractivity contribution is -0.138. The molecule has 0 saturated carbocycles. The summed E-state index contributed by atoms with van der Waals surface area (Å²) >= 11 is 3.30. The summed E-state index contributed by atoms with van der Waals surface area (Å²) in [4.78, 5) is 37.4. The number of anilines is 1. The molecule has 3 heterocycles. The Labute approximate surface area is 178 Å². The van der Waals surface area contributed by atoms with E-state index < -0.39 is 0 Å². The number of benzene rings is 1. The minimum Gasteiger partial charge on any atom is -0.458 e. The van der Waals surface area contributed by atoms with Crippen LogP contribution in [0.4, 0.5) is 5.69 Å². The smallest absolute Gasteiger partial charge is 0.316 e. The van der Waals surface area contributed by atoms with Crippen molar-refractivity contribution in [3.8, 4) is 6.01 Å². The van der Waals surface area contributed by atoms with Crippen LogP contribution in [0.2, 0.25) is 0 Å². The SMILES string of the molecule is Cc1ccc(N2CC(C(=O)N3CCCC(Oc4ncc(Br)cn4)C3)CC2=O)cc1. The highest BCUT2D eigenvalue weighted by atomic mass is 79.9. The van der Waals surface area contributed by atoms with E-state index in [4.69, 9.17) is 4.74 Å². The monoisotopic (exact) mass is 458 g/mol. The van der Waals surface area contributed by atoms with Crippen LogP contribution >= 0.6 is 15.9 Å². The predicted molar refractivity (Wildman–Crippen MR) is 112 cm³/mol. The van der Waals surface area contributed by atoms with Crippen LogP contribution in [0.5, 0.6) is 6.01 Å². The number of carbonyl (C=O) groups excluding carboxylic acids is 2. The van der Waals surface area contributed by atoms with Crippen LogP contribution in [0.15, 0.2) is 41.1 Å². The van der Waals surface area contributed by atoms with Crippen molar-refractivity contribution in [3.05, 3.63) is 46.7 Å². The molecule has 2 aliphatic rings. The molecule has 2 atom stereocenters. The van der Waals surface area contributed by atoms with Gasteiger partial charge in [0.2, 0.25) is 11.8 Å². The Morgan fingerprint density at radius 1 is 1.17 bits per heavy atom. The molecule has 152 valence electrons. The van der Waals surface area contributed by atoms with Gasteiger partial charge in [0.15, 0.2) is 0 Å². The second-order valence-corrected chi connectivity index (χ2v) is 8.51. The van der Waals surface area contributed by atoms with Crippen molar-refractivity contribution in [3.63, 3.8) is 0 Å². The molecule has 0 N–H and O–H groups in total. The van der Waals surface area contributed by atoms with Crippen molar-refractivity contribution in [2.75, 3.05) is 24.5 Å². The highest BCUT2D eigenvalue weighted by Gasteiger charge is 2.38. The maximum absolute atomic E-state index is 13.1. The lowest BCUT2D eigenvalue weighted by Crippen LogP contribution is -2.47. The Kier molecular flexibility index (Phi) is 5.80. The van der Waals surface area contributed by atoms with Gasteiger partial charge in [0, 0.05) is 37.6 Å². The lowest BCUT2D eigenvalue weighted by Gasteiger charge is -2.33. The first-order valence-electron chi connectivity index (χ1n) is 9.79. The molecule has 0 spiro atoms. The van der Waals surface area contributed by atoms with Gasteiger partial charge in [0.05, 0.1) is 16.9 Å². The first-order chi connectivity index (χ1) is 14.0. The van der Waals surface area contributed by atoms with Crippen LogP contribution in [-0.2, 0) is 9.59 Å². The average molecular weight is 459 g/mol. The van der Waals surface area contributed by atoms with Gasteiger partial charge in [-0.3, -0.25) is 9.59 Å². The number of aromatic nitrogens is 2. The number of carbonyl (C=O) groups is 2. The molecule has 7 nitrogen and oxygen atoms in total. The molecule has 2 aromatic rings. The van der Waals surface area contributed by atoms with Gasteiger partial charge in [0.1, 0.15) is 6.10 Å². The molecule has 2 unspecified atom stereocenters. The minimum atomic E-state index is -0.313. The van der Waals surface area contributed by atoms with Crippen molar-refractivity contribution >= 4 is 33.4 Å². The standard InChI is InChI=1S/C21H23BrN4O3/c1-14-4-6-17(7-5-14)26-12-15(9-19(26)27)20(28)25-8-2-3-18(13-25)29-21-23-10-16(22)11-24-21/h4-7,10-11,15,18H,2-3,8-9,12-13H2,1H3. The first-order valence-corrected chi connectivity index (χ1v) is 10.6. The fourth-order valence-corrected chi connectivity index (χ4v) is 4.06. The largest absolute Gasteiger partial charge is 0.458 e. The van der Waals surface area contributed by atoms with E-state index in [1.807, 2.05) is 36.1 Å². The van der Waals surface area contributed by atoms with E-state index in [2.05, 4.69) is 25.9 Å². The van der Waals surface area contributed by atoms with Crippen LogP contribution in [0.1, 0.15) is 24.8 Å². The van der Waals surface area contributed by atoms with E-state index in [-0.39, 0.29) is 30.3 Å². The highest BCUT2D eigenvalue weighted by molar-refractivity contribution is 9.10. The van der Waals surface area contributed by atoms with Gasteiger partial charge in [-0.15, -0.1) is 0 Å². The number of hydrogen-bond acceptors (Lipinski definition) is 5. The van der Waals surface area contributed by atoms with Crippen LogP contribution in [-0.4, -0.2) is 52.4 Å². The van der Waals surface area contributed by atoms with E-state index in [0.29, 0.717) is 25.6 Å². The molecular weight excluding hydrogens is 436 g/mol. The number of nitrogens with zero attached hydrogens (tertiary/aromatic N) is 4. The normalized spacial score (nSPS) is 22.1. The number of piperidine rings is 1. The van der Waals surface area contributed by atoms with Gasteiger partial charge >= 0.3 is 6.01 Å². The Morgan fingerprint density at radius 3 is 2.62 bits per heavy atom. The Morgan fingerprint density at radius 2 is 1.90 bits per heavy atom. The molecule has 29 heavy (non-hydrogen) atoms. The minimum absolute atomic E-state index is 0.000255. The summed E-state index contributed by atoms with van der Waals surface area (Å²) in [5.41, 5.74) is 1.99. The van der Waals surface area contributed by atoms with Crippen molar-refractivity contribution in [2.45, 2.75) is 32.3 Å². The van der Waals surface area contributed by atoms with Gasteiger partial charge in [-0.1, -0.05) is 17.7 Å². The van der Waals surface area contributed by atoms with Gasteiger partial charge < -0.3 is 14.5 Å². The Balaban J connectivity index is 1.38. The molecule has 2 amide bonds.